The van der Waals surface area contributed by atoms with E-state index in [4.69, 9.17) is 15.5 Å². The Morgan fingerprint density at radius 2 is 2.18 bits per heavy atom. The highest BCUT2D eigenvalue weighted by atomic mass is 16.5. The van der Waals surface area contributed by atoms with E-state index in [9.17, 15) is 0 Å². The number of hydrogen-bond donors (Lipinski definition) is 1. The summed E-state index contributed by atoms with van der Waals surface area (Å²) in [5, 5.41) is 0. The largest absolute Gasteiger partial charge is 0.378 e. The Labute approximate surface area is 103 Å². The molecule has 2 N–H and O–H groups in total. The first-order valence-electron chi connectivity index (χ1n) is 6.28. The van der Waals surface area contributed by atoms with Crippen LogP contribution in [0.3, 0.4) is 0 Å². The lowest BCUT2D eigenvalue weighted by atomic mass is 10.1. The fraction of sp³-hybridized carbons (Fsp3) is 0.615. The summed E-state index contributed by atoms with van der Waals surface area (Å²) in [6.45, 7) is 6.33. The van der Waals surface area contributed by atoms with Crippen LogP contribution in [0.1, 0.15) is 12.6 Å². The van der Waals surface area contributed by atoms with E-state index in [1.165, 1.54) is 0 Å². The maximum absolute atomic E-state index is 5.65. The molecular weight excluding hydrogens is 214 g/mol. The molecule has 1 unspecified atom stereocenters. The first kappa shape index (κ1) is 12.3. The molecule has 2 heterocycles. The number of morpholine rings is 1. The summed E-state index contributed by atoms with van der Waals surface area (Å²) >= 11 is 0. The van der Waals surface area contributed by atoms with Crippen LogP contribution in [0.4, 0.5) is 5.82 Å². The zero-order valence-electron chi connectivity index (χ0n) is 10.4. The molecule has 0 spiro atoms. The Morgan fingerprint density at radius 3 is 2.88 bits per heavy atom. The zero-order chi connectivity index (χ0) is 12.1. The molecule has 1 saturated heterocycles. The minimum Gasteiger partial charge on any atom is -0.378 e. The third-order valence-corrected chi connectivity index (χ3v) is 3.09. The predicted octanol–water partition coefficient (Wildman–Crippen LogP) is 1.06. The molecule has 2 rings (SSSR count). The maximum Gasteiger partial charge on any atom is 0.128 e. The molecule has 4 heteroatoms. The van der Waals surface area contributed by atoms with E-state index in [1.807, 2.05) is 0 Å². The van der Waals surface area contributed by atoms with Crippen molar-refractivity contribution in [2.75, 3.05) is 37.7 Å². The van der Waals surface area contributed by atoms with Gasteiger partial charge in [0.2, 0.25) is 0 Å². The van der Waals surface area contributed by atoms with Crippen LogP contribution < -0.4 is 10.6 Å². The fourth-order valence-corrected chi connectivity index (χ4v) is 1.99. The van der Waals surface area contributed by atoms with Gasteiger partial charge in [-0.1, -0.05) is 13.0 Å². The number of nitrogens with zero attached hydrogens (tertiary/aromatic N) is 2. The summed E-state index contributed by atoms with van der Waals surface area (Å²) in [6, 6.07) is 6.23. The van der Waals surface area contributed by atoms with Crippen LogP contribution in [0.5, 0.6) is 0 Å². The number of aromatic nitrogens is 1. The minimum absolute atomic E-state index is 0.488. The van der Waals surface area contributed by atoms with E-state index in [0.717, 1.165) is 44.2 Å². The Kier molecular flexibility index (Phi) is 4.34. The second-order valence-corrected chi connectivity index (χ2v) is 4.63. The molecule has 94 valence electrons. The van der Waals surface area contributed by atoms with Crippen molar-refractivity contribution in [3.8, 4) is 0 Å². The molecule has 0 aliphatic carbocycles. The van der Waals surface area contributed by atoms with Crippen LogP contribution >= 0.6 is 0 Å². The molecule has 1 aliphatic heterocycles. The molecule has 1 fully saturated rings. The normalized spacial score (nSPS) is 18.1. The average Bonchev–Trinajstić information content (AvgIpc) is 2.40. The molecule has 1 atom stereocenters. The van der Waals surface area contributed by atoms with E-state index >= 15 is 0 Å². The van der Waals surface area contributed by atoms with Crippen LogP contribution in [0.15, 0.2) is 18.2 Å². The maximum atomic E-state index is 5.65. The van der Waals surface area contributed by atoms with E-state index in [-0.39, 0.29) is 0 Å². The second kappa shape index (κ2) is 5.98. The Hall–Kier alpha value is -1.13. The topological polar surface area (TPSA) is 51.4 Å². The lowest BCUT2D eigenvalue weighted by molar-refractivity contribution is 0.122. The van der Waals surface area contributed by atoms with E-state index in [1.54, 1.807) is 0 Å². The standard InChI is InChI=1S/C13H21N3O/c1-11(10-14)9-12-3-2-4-13(15-12)16-5-7-17-8-6-16/h2-4,11H,5-10,14H2,1H3. The number of anilines is 1. The van der Waals surface area contributed by atoms with Gasteiger partial charge in [-0.05, 0) is 31.0 Å². The van der Waals surface area contributed by atoms with Gasteiger partial charge in [-0.2, -0.15) is 0 Å². The average molecular weight is 235 g/mol. The summed E-state index contributed by atoms with van der Waals surface area (Å²) in [7, 11) is 0. The van der Waals surface area contributed by atoms with Gasteiger partial charge in [0.05, 0.1) is 13.2 Å². The minimum atomic E-state index is 0.488. The number of nitrogens with two attached hydrogens (primary N) is 1. The van der Waals surface area contributed by atoms with Crippen molar-refractivity contribution < 1.29 is 4.74 Å². The highest BCUT2D eigenvalue weighted by Gasteiger charge is 2.12. The van der Waals surface area contributed by atoms with Gasteiger partial charge in [0.15, 0.2) is 0 Å². The van der Waals surface area contributed by atoms with Crippen LogP contribution in [-0.2, 0) is 11.2 Å². The van der Waals surface area contributed by atoms with Gasteiger partial charge in [0.1, 0.15) is 5.82 Å². The number of pyridine rings is 1. The monoisotopic (exact) mass is 235 g/mol. The molecule has 0 saturated carbocycles. The van der Waals surface area contributed by atoms with E-state index in [0.29, 0.717) is 12.5 Å². The zero-order valence-corrected chi connectivity index (χ0v) is 10.4. The van der Waals surface area contributed by atoms with Crippen LogP contribution in [-0.4, -0.2) is 37.8 Å². The first-order valence-corrected chi connectivity index (χ1v) is 6.28. The summed E-state index contributed by atoms with van der Waals surface area (Å²) in [6.07, 6.45) is 0.953. The number of ether oxygens (including phenoxy) is 1. The van der Waals surface area contributed by atoms with Crippen molar-refractivity contribution in [2.45, 2.75) is 13.3 Å². The van der Waals surface area contributed by atoms with Crippen LogP contribution in [0, 0.1) is 5.92 Å². The lowest BCUT2D eigenvalue weighted by Crippen LogP contribution is -2.36. The molecule has 0 amide bonds. The first-order chi connectivity index (χ1) is 8.29. The molecule has 0 aromatic carbocycles. The van der Waals surface area contributed by atoms with Gasteiger partial charge in [-0.3, -0.25) is 0 Å². The third-order valence-electron chi connectivity index (χ3n) is 3.09. The van der Waals surface area contributed by atoms with E-state index < -0.39 is 0 Å². The van der Waals surface area contributed by atoms with Crippen molar-refractivity contribution >= 4 is 5.82 Å². The number of hydrogen-bond acceptors (Lipinski definition) is 4. The highest BCUT2D eigenvalue weighted by molar-refractivity contribution is 5.39. The van der Waals surface area contributed by atoms with Gasteiger partial charge >= 0.3 is 0 Å². The predicted molar refractivity (Wildman–Crippen MR) is 69.2 cm³/mol. The van der Waals surface area contributed by atoms with Crippen LogP contribution in [0.25, 0.3) is 0 Å². The van der Waals surface area contributed by atoms with E-state index in [2.05, 4.69) is 30.0 Å². The van der Waals surface area contributed by atoms with Gasteiger partial charge < -0.3 is 15.4 Å². The fourth-order valence-electron chi connectivity index (χ4n) is 1.99. The Balaban J connectivity index is 2.05. The Bertz CT molecular complexity index is 350. The van der Waals surface area contributed by atoms with Gasteiger partial charge in [-0.25, -0.2) is 4.98 Å². The lowest BCUT2D eigenvalue weighted by Gasteiger charge is -2.28. The quantitative estimate of drug-likeness (QED) is 0.847. The second-order valence-electron chi connectivity index (χ2n) is 4.63. The molecule has 17 heavy (non-hydrogen) atoms. The summed E-state index contributed by atoms with van der Waals surface area (Å²) < 4.78 is 5.35. The Morgan fingerprint density at radius 1 is 1.41 bits per heavy atom. The molecule has 0 radical (unpaired) electrons. The molecular formula is C13H21N3O. The smallest absolute Gasteiger partial charge is 0.128 e. The summed E-state index contributed by atoms with van der Waals surface area (Å²) in [4.78, 5) is 6.98. The molecule has 1 aliphatic rings. The summed E-state index contributed by atoms with van der Waals surface area (Å²) in [5.41, 5.74) is 6.78. The van der Waals surface area contributed by atoms with Crippen molar-refractivity contribution in [1.29, 1.82) is 0 Å². The third kappa shape index (κ3) is 3.41. The molecule has 4 nitrogen and oxygen atoms in total. The van der Waals surface area contributed by atoms with Crippen molar-refractivity contribution in [3.05, 3.63) is 23.9 Å². The number of rotatable bonds is 4. The molecule has 0 bridgehead atoms. The van der Waals surface area contributed by atoms with Crippen LogP contribution in [0.2, 0.25) is 0 Å². The van der Waals surface area contributed by atoms with Gasteiger partial charge in [-0.15, -0.1) is 0 Å². The van der Waals surface area contributed by atoms with Crippen molar-refractivity contribution in [3.63, 3.8) is 0 Å². The highest BCUT2D eigenvalue weighted by Crippen LogP contribution is 2.14. The van der Waals surface area contributed by atoms with Crippen molar-refractivity contribution in [2.24, 2.45) is 11.7 Å². The van der Waals surface area contributed by atoms with Crippen molar-refractivity contribution in [1.82, 2.24) is 4.98 Å². The van der Waals surface area contributed by atoms with Gasteiger partial charge in [0.25, 0.3) is 0 Å². The summed E-state index contributed by atoms with van der Waals surface area (Å²) in [5.74, 6) is 1.55. The SMILES string of the molecule is CC(CN)Cc1cccc(N2CCOCC2)n1. The van der Waals surface area contributed by atoms with Gasteiger partial charge in [0, 0.05) is 18.8 Å². The molecule has 1 aromatic heterocycles. The molecule has 1 aromatic rings.